The first-order chi connectivity index (χ1) is 14.5. The van der Waals surface area contributed by atoms with Gasteiger partial charge in [-0.3, -0.25) is 14.6 Å². The Balaban J connectivity index is 1.88. The number of methoxy groups -OCH3 is 1. The van der Waals surface area contributed by atoms with Crippen molar-refractivity contribution in [2.45, 2.75) is 0 Å². The van der Waals surface area contributed by atoms with Crippen LogP contribution in [0.1, 0.15) is 10.4 Å². The van der Waals surface area contributed by atoms with E-state index in [4.69, 9.17) is 15.2 Å². The molecular weight excluding hydrogens is 388 g/mol. The van der Waals surface area contributed by atoms with Gasteiger partial charge >= 0.3 is 0 Å². The molecule has 10 nitrogen and oxygen atoms in total. The molecule has 2 heterocycles. The zero-order valence-corrected chi connectivity index (χ0v) is 16.0. The van der Waals surface area contributed by atoms with Crippen LogP contribution in [0.2, 0.25) is 0 Å². The number of carbonyl (C=O) groups is 2. The summed E-state index contributed by atoms with van der Waals surface area (Å²) in [6.45, 7) is 3.40. The highest BCUT2D eigenvalue weighted by molar-refractivity contribution is 5.99. The molecule has 152 valence electrons. The highest BCUT2D eigenvalue weighted by Gasteiger charge is 2.15. The Bertz CT molecular complexity index is 1100. The molecule has 3 aromatic rings. The van der Waals surface area contributed by atoms with Gasteiger partial charge in [-0.15, -0.1) is 0 Å². The first-order valence-corrected chi connectivity index (χ1v) is 8.62. The molecule has 2 aromatic heterocycles. The topological polar surface area (TPSA) is 141 Å². The second kappa shape index (κ2) is 9.15. The number of pyridine rings is 1. The minimum atomic E-state index is -0.754. The number of ether oxygens (including phenoxy) is 2. The summed E-state index contributed by atoms with van der Waals surface area (Å²) < 4.78 is 10.9. The van der Waals surface area contributed by atoms with E-state index in [1.807, 2.05) is 0 Å². The number of nitrogens with one attached hydrogen (secondary N) is 2. The number of benzene rings is 1. The molecule has 0 spiro atoms. The summed E-state index contributed by atoms with van der Waals surface area (Å²) in [5, 5.41) is 5.57. The van der Waals surface area contributed by atoms with Crippen molar-refractivity contribution in [1.82, 2.24) is 15.0 Å². The van der Waals surface area contributed by atoms with E-state index in [1.165, 1.54) is 13.3 Å². The number of aromatic nitrogens is 3. The quantitative estimate of drug-likeness (QED) is 0.485. The molecule has 30 heavy (non-hydrogen) atoms. The SMILES string of the molecule is C=CC(=O)Nc1cccc(Oc2nc(Nc3cncc(OC)c3)ncc2C(N)=O)c1. The third-order valence-corrected chi connectivity index (χ3v) is 3.73. The van der Waals surface area contributed by atoms with Gasteiger partial charge in [-0.05, 0) is 18.2 Å². The second-order valence-electron chi connectivity index (χ2n) is 5.84. The molecule has 10 heteroatoms. The van der Waals surface area contributed by atoms with Gasteiger partial charge in [0.1, 0.15) is 17.1 Å². The number of nitrogens with two attached hydrogens (primary N) is 1. The Kier molecular flexibility index (Phi) is 6.18. The van der Waals surface area contributed by atoms with Crippen LogP contribution in [0, 0.1) is 0 Å². The fourth-order valence-corrected chi connectivity index (χ4v) is 2.34. The summed E-state index contributed by atoms with van der Waals surface area (Å²) in [6, 6.07) is 8.24. The first kappa shape index (κ1) is 20.3. The van der Waals surface area contributed by atoms with E-state index in [0.29, 0.717) is 22.9 Å². The van der Waals surface area contributed by atoms with Gasteiger partial charge in [-0.2, -0.15) is 4.98 Å². The van der Waals surface area contributed by atoms with Crippen molar-refractivity contribution in [2.24, 2.45) is 5.73 Å². The average molecular weight is 406 g/mol. The molecule has 2 amide bonds. The normalized spacial score (nSPS) is 10.0. The van der Waals surface area contributed by atoms with Gasteiger partial charge < -0.3 is 25.8 Å². The highest BCUT2D eigenvalue weighted by atomic mass is 16.5. The van der Waals surface area contributed by atoms with Gasteiger partial charge in [0, 0.05) is 24.0 Å². The lowest BCUT2D eigenvalue weighted by Gasteiger charge is -2.12. The summed E-state index contributed by atoms with van der Waals surface area (Å²) in [6.07, 6.45) is 5.51. The maximum absolute atomic E-state index is 11.8. The Hall–Kier alpha value is -4.47. The monoisotopic (exact) mass is 406 g/mol. The minimum Gasteiger partial charge on any atom is -0.495 e. The van der Waals surface area contributed by atoms with Gasteiger partial charge in [0.05, 0.1) is 25.2 Å². The van der Waals surface area contributed by atoms with Crippen LogP contribution in [-0.4, -0.2) is 33.9 Å². The Labute approximate surface area is 171 Å². The lowest BCUT2D eigenvalue weighted by molar-refractivity contribution is -0.111. The van der Waals surface area contributed by atoms with Crippen LogP contribution in [0.15, 0.2) is 61.6 Å². The zero-order chi connectivity index (χ0) is 21.5. The highest BCUT2D eigenvalue weighted by Crippen LogP contribution is 2.27. The predicted molar refractivity (Wildman–Crippen MR) is 110 cm³/mol. The number of primary amides is 1. The summed E-state index contributed by atoms with van der Waals surface area (Å²) in [5.41, 5.74) is 6.45. The largest absolute Gasteiger partial charge is 0.495 e. The number of rotatable bonds is 8. The molecule has 0 aliphatic rings. The van der Waals surface area contributed by atoms with E-state index >= 15 is 0 Å². The molecular formula is C20H18N6O4. The van der Waals surface area contributed by atoms with Crippen molar-refractivity contribution >= 4 is 29.1 Å². The van der Waals surface area contributed by atoms with E-state index in [0.717, 1.165) is 6.08 Å². The third kappa shape index (κ3) is 5.07. The molecule has 1 aromatic carbocycles. The molecule has 0 fully saturated rings. The Morgan fingerprint density at radius 2 is 1.93 bits per heavy atom. The maximum atomic E-state index is 11.8. The molecule has 0 saturated carbocycles. The van der Waals surface area contributed by atoms with Crippen LogP contribution in [0.25, 0.3) is 0 Å². The average Bonchev–Trinajstić information content (AvgIpc) is 2.74. The Morgan fingerprint density at radius 1 is 1.13 bits per heavy atom. The van der Waals surface area contributed by atoms with Crippen molar-refractivity contribution in [3.63, 3.8) is 0 Å². The third-order valence-electron chi connectivity index (χ3n) is 3.73. The van der Waals surface area contributed by atoms with Crippen molar-refractivity contribution < 1.29 is 19.1 Å². The predicted octanol–water partition coefficient (Wildman–Crippen LogP) is 2.64. The summed E-state index contributed by atoms with van der Waals surface area (Å²) in [7, 11) is 1.52. The molecule has 0 bridgehead atoms. The molecule has 0 saturated heterocycles. The second-order valence-corrected chi connectivity index (χ2v) is 5.84. The van der Waals surface area contributed by atoms with E-state index in [2.05, 4.69) is 32.2 Å². The summed E-state index contributed by atoms with van der Waals surface area (Å²) in [5.74, 6) is -0.152. The van der Waals surface area contributed by atoms with E-state index in [1.54, 1.807) is 42.7 Å². The molecule has 3 rings (SSSR count). The summed E-state index contributed by atoms with van der Waals surface area (Å²) in [4.78, 5) is 35.6. The van der Waals surface area contributed by atoms with E-state index < -0.39 is 5.91 Å². The van der Waals surface area contributed by atoms with Crippen molar-refractivity contribution in [1.29, 1.82) is 0 Å². The number of hydrogen-bond donors (Lipinski definition) is 3. The molecule has 0 radical (unpaired) electrons. The number of amides is 2. The lowest BCUT2D eigenvalue weighted by Crippen LogP contribution is -2.14. The van der Waals surface area contributed by atoms with Crippen molar-refractivity contribution in [3.8, 4) is 17.4 Å². The van der Waals surface area contributed by atoms with Gasteiger partial charge in [0.2, 0.25) is 17.7 Å². The van der Waals surface area contributed by atoms with Crippen LogP contribution >= 0.6 is 0 Å². The van der Waals surface area contributed by atoms with Gasteiger partial charge in [-0.25, -0.2) is 4.98 Å². The van der Waals surface area contributed by atoms with Crippen LogP contribution in [0.3, 0.4) is 0 Å². The maximum Gasteiger partial charge on any atom is 0.255 e. The lowest BCUT2D eigenvalue weighted by atomic mass is 10.3. The van der Waals surface area contributed by atoms with Crippen molar-refractivity contribution in [2.75, 3.05) is 17.7 Å². The fraction of sp³-hybridized carbons (Fsp3) is 0.0500. The number of hydrogen-bond acceptors (Lipinski definition) is 8. The van der Waals surface area contributed by atoms with Gasteiger partial charge in [-0.1, -0.05) is 12.6 Å². The molecule has 0 atom stereocenters. The number of anilines is 3. The first-order valence-electron chi connectivity index (χ1n) is 8.62. The van der Waals surface area contributed by atoms with Crippen LogP contribution in [0.5, 0.6) is 17.4 Å². The molecule has 0 aliphatic carbocycles. The molecule has 0 unspecified atom stereocenters. The van der Waals surface area contributed by atoms with Gasteiger partial charge in [0.25, 0.3) is 5.91 Å². The smallest absolute Gasteiger partial charge is 0.255 e. The van der Waals surface area contributed by atoms with Gasteiger partial charge in [0.15, 0.2) is 0 Å². The summed E-state index contributed by atoms with van der Waals surface area (Å²) >= 11 is 0. The zero-order valence-electron chi connectivity index (χ0n) is 16.0. The van der Waals surface area contributed by atoms with Crippen LogP contribution < -0.4 is 25.8 Å². The van der Waals surface area contributed by atoms with Crippen LogP contribution in [-0.2, 0) is 4.79 Å². The van der Waals surface area contributed by atoms with Crippen molar-refractivity contribution in [3.05, 3.63) is 67.1 Å². The molecule has 4 N–H and O–H groups in total. The van der Waals surface area contributed by atoms with E-state index in [9.17, 15) is 9.59 Å². The fourth-order valence-electron chi connectivity index (χ4n) is 2.34. The Morgan fingerprint density at radius 3 is 2.67 bits per heavy atom. The van der Waals surface area contributed by atoms with Crippen LogP contribution in [0.4, 0.5) is 17.3 Å². The molecule has 0 aliphatic heterocycles. The van der Waals surface area contributed by atoms with E-state index in [-0.39, 0.29) is 23.3 Å². The number of nitrogens with zero attached hydrogens (tertiary/aromatic N) is 3. The number of carbonyl (C=O) groups excluding carboxylic acids is 2. The standard InChI is InChI=1S/C20H18N6O4/c1-3-17(27)24-12-5-4-6-14(7-12)30-19-16(18(21)28)11-23-20(26-19)25-13-8-15(29-2)10-22-9-13/h3-11H,1H2,2H3,(H2,21,28)(H,24,27)(H,23,25,26). The minimum absolute atomic E-state index is 0.00940.